The second kappa shape index (κ2) is 10.3. The summed E-state index contributed by atoms with van der Waals surface area (Å²) in [6.07, 6.45) is 3.36. The van der Waals surface area contributed by atoms with Crippen molar-refractivity contribution in [3.8, 4) is 28.1 Å². The SMILES string of the molecule is CC(C)c1ccc(COc2ccc(-c3c(-c4ccncc4)nn4c3C(=O)N(CC(=O)O)CC4)cc2)cc1. The zero-order chi connectivity index (χ0) is 25.9. The lowest BCUT2D eigenvalue weighted by molar-refractivity contribution is -0.137. The van der Waals surface area contributed by atoms with Crippen molar-refractivity contribution in [1.29, 1.82) is 0 Å². The Bertz CT molecular complexity index is 1410. The third-order valence-corrected chi connectivity index (χ3v) is 6.50. The first-order valence-electron chi connectivity index (χ1n) is 12.2. The molecule has 0 unspecified atom stereocenters. The second-order valence-electron chi connectivity index (χ2n) is 9.36. The normalized spacial score (nSPS) is 13.1. The van der Waals surface area contributed by atoms with Crippen LogP contribution in [0.3, 0.4) is 0 Å². The number of ether oxygens (including phenoxy) is 1. The number of amides is 1. The highest BCUT2D eigenvalue weighted by molar-refractivity contribution is 6.04. The van der Waals surface area contributed by atoms with Gasteiger partial charge in [-0.05, 0) is 46.9 Å². The zero-order valence-electron chi connectivity index (χ0n) is 20.8. The van der Waals surface area contributed by atoms with Crippen LogP contribution in [-0.4, -0.2) is 49.7 Å². The van der Waals surface area contributed by atoms with Gasteiger partial charge in [0.05, 0.1) is 6.54 Å². The van der Waals surface area contributed by atoms with Gasteiger partial charge in [-0.3, -0.25) is 19.3 Å². The van der Waals surface area contributed by atoms with E-state index in [0.29, 0.717) is 48.3 Å². The molecule has 0 fully saturated rings. The first-order valence-corrected chi connectivity index (χ1v) is 12.2. The number of carboxylic acids is 1. The van der Waals surface area contributed by atoms with Gasteiger partial charge in [0.1, 0.15) is 30.3 Å². The van der Waals surface area contributed by atoms with E-state index in [2.05, 4.69) is 43.1 Å². The molecular weight excluding hydrogens is 468 g/mol. The molecule has 8 heteroatoms. The number of hydrogen-bond acceptors (Lipinski definition) is 5. The topological polar surface area (TPSA) is 97.6 Å². The lowest BCUT2D eigenvalue weighted by atomic mass is 9.98. The summed E-state index contributed by atoms with van der Waals surface area (Å²) in [6.45, 7) is 5.15. The Balaban J connectivity index is 1.45. The van der Waals surface area contributed by atoms with Crippen molar-refractivity contribution in [3.63, 3.8) is 0 Å². The standard InChI is InChI=1S/C29H28N4O4/c1-19(2)21-5-3-20(4-6-21)18-37-24-9-7-22(8-10-24)26-27(23-11-13-30-14-12-23)31-33-16-15-32(17-25(34)35)29(36)28(26)33/h3-14,19H,15-18H2,1-2H3,(H,34,35). The van der Waals surface area contributed by atoms with Crippen LogP contribution < -0.4 is 4.74 Å². The maximum atomic E-state index is 13.3. The van der Waals surface area contributed by atoms with E-state index < -0.39 is 5.97 Å². The van der Waals surface area contributed by atoms with Crippen LogP contribution in [0.15, 0.2) is 73.1 Å². The molecule has 0 bridgehead atoms. The number of aromatic nitrogens is 3. The molecule has 8 nitrogen and oxygen atoms in total. The first kappa shape index (κ1) is 24.2. The molecular formula is C29H28N4O4. The summed E-state index contributed by atoms with van der Waals surface area (Å²) in [5.74, 6) is -0.196. The fourth-order valence-corrected chi connectivity index (χ4v) is 4.49. The predicted molar refractivity (Wildman–Crippen MR) is 139 cm³/mol. The Kier molecular flexibility index (Phi) is 6.72. The van der Waals surface area contributed by atoms with Crippen LogP contribution >= 0.6 is 0 Å². The molecule has 2 aromatic heterocycles. The number of aliphatic carboxylic acids is 1. The monoisotopic (exact) mass is 496 g/mol. The minimum atomic E-state index is -1.04. The minimum absolute atomic E-state index is 0.292. The van der Waals surface area contributed by atoms with E-state index in [0.717, 1.165) is 16.7 Å². The molecule has 3 heterocycles. The van der Waals surface area contributed by atoms with Gasteiger partial charge in [-0.2, -0.15) is 5.10 Å². The summed E-state index contributed by atoms with van der Waals surface area (Å²) in [4.78, 5) is 30.1. The third kappa shape index (κ3) is 5.09. The zero-order valence-corrected chi connectivity index (χ0v) is 20.8. The number of pyridine rings is 1. The molecule has 1 aliphatic rings. The molecule has 0 saturated heterocycles. The number of benzene rings is 2. The molecule has 1 aliphatic heterocycles. The highest BCUT2D eigenvalue weighted by Gasteiger charge is 2.33. The van der Waals surface area contributed by atoms with Crippen LogP contribution in [0.4, 0.5) is 0 Å². The molecule has 0 spiro atoms. The summed E-state index contributed by atoms with van der Waals surface area (Å²) in [5.41, 5.74) is 5.71. The highest BCUT2D eigenvalue weighted by atomic mass is 16.5. The van der Waals surface area contributed by atoms with Gasteiger partial charge in [0.25, 0.3) is 5.91 Å². The minimum Gasteiger partial charge on any atom is -0.489 e. The van der Waals surface area contributed by atoms with E-state index in [-0.39, 0.29) is 12.5 Å². The molecule has 37 heavy (non-hydrogen) atoms. The van der Waals surface area contributed by atoms with Gasteiger partial charge in [0.15, 0.2) is 0 Å². The average molecular weight is 497 g/mol. The Morgan fingerprint density at radius 1 is 0.973 bits per heavy atom. The van der Waals surface area contributed by atoms with E-state index in [9.17, 15) is 14.7 Å². The second-order valence-corrected chi connectivity index (χ2v) is 9.36. The van der Waals surface area contributed by atoms with Crippen molar-refractivity contribution >= 4 is 11.9 Å². The van der Waals surface area contributed by atoms with Crippen LogP contribution in [0.1, 0.15) is 41.4 Å². The fraction of sp³-hybridized carbons (Fsp3) is 0.241. The van der Waals surface area contributed by atoms with Crippen molar-refractivity contribution in [2.75, 3.05) is 13.1 Å². The van der Waals surface area contributed by atoms with E-state index >= 15 is 0 Å². The maximum Gasteiger partial charge on any atom is 0.323 e. The Hall–Kier alpha value is -4.46. The Morgan fingerprint density at radius 2 is 1.68 bits per heavy atom. The molecule has 0 saturated carbocycles. The van der Waals surface area contributed by atoms with Gasteiger partial charge in [-0.1, -0.05) is 50.2 Å². The summed E-state index contributed by atoms with van der Waals surface area (Å²) >= 11 is 0. The van der Waals surface area contributed by atoms with Gasteiger partial charge >= 0.3 is 5.97 Å². The molecule has 0 radical (unpaired) electrons. The van der Waals surface area contributed by atoms with Gasteiger partial charge in [0, 0.05) is 30.1 Å². The third-order valence-electron chi connectivity index (χ3n) is 6.50. The molecule has 1 N–H and O–H groups in total. The van der Waals surface area contributed by atoms with Crippen molar-refractivity contribution in [1.82, 2.24) is 19.7 Å². The summed E-state index contributed by atoms with van der Waals surface area (Å²) in [7, 11) is 0. The number of rotatable bonds is 8. The average Bonchev–Trinajstić information content (AvgIpc) is 3.30. The van der Waals surface area contributed by atoms with Gasteiger partial charge in [0.2, 0.25) is 0 Å². The number of carboxylic acid groups (broad SMARTS) is 1. The molecule has 1 amide bonds. The molecule has 4 aromatic rings. The van der Waals surface area contributed by atoms with E-state index in [1.165, 1.54) is 10.5 Å². The Labute approximate surface area is 215 Å². The molecule has 5 rings (SSSR count). The number of fused-ring (bicyclic) bond motifs is 1. The van der Waals surface area contributed by atoms with Gasteiger partial charge in [-0.25, -0.2) is 0 Å². The number of carbonyl (C=O) groups is 2. The number of nitrogens with zero attached hydrogens (tertiary/aromatic N) is 4. The van der Waals surface area contributed by atoms with Crippen molar-refractivity contribution in [2.24, 2.45) is 0 Å². The van der Waals surface area contributed by atoms with Crippen LogP contribution in [0, 0.1) is 0 Å². The van der Waals surface area contributed by atoms with Crippen LogP contribution in [0.5, 0.6) is 5.75 Å². The van der Waals surface area contributed by atoms with E-state index in [1.54, 1.807) is 17.1 Å². The summed E-state index contributed by atoms with van der Waals surface area (Å²) in [6, 6.07) is 19.7. The molecule has 0 aliphatic carbocycles. The molecule has 188 valence electrons. The van der Waals surface area contributed by atoms with Crippen LogP contribution in [-0.2, 0) is 17.9 Å². The quantitative estimate of drug-likeness (QED) is 0.374. The number of carbonyl (C=O) groups excluding carboxylic acids is 1. The Morgan fingerprint density at radius 3 is 2.32 bits per heavy atom. The molecule has 2 aromatic carbocycles. The van der Waals surface area contributed by atoms with E-state index in [4.69, 9.17) is 9.84 Å². The van der Waals surface area contributed by atoms with E-state index in [1.807, 2.05) is 36.4 Å². The van der Waals surface area contributed by atoms with Gasteiger partial charge in [-0.15, -0.1) is 0 Å². The summed E-state index contributed by atoms with van der Waals surface area (Å²) < 4.78 is 7.68. The summed E-state index contributed by atoms with van der Waals surface area (Å²) in [5, 5.41) is 14.0. The smallest absolute Gasteiger partial charge is 0.323 e. The van der Waals surface area contributed by atoms with Crippen LogP contribution in [0.2, 0.25) is 0 Å². The van der Waals surface area contributed by atoms with Crippen molar-refractivity contribution < 1.29 is 19.4 Å². The first-order chi connectivity index (χ1) is 17.9. The highest BCUT2D eigenvalue weighted by Crippen LogP contribution is 2.37. The largest absolute Gasteiger partial charge is 0.489 e. The van der Waals surface area contributed by atoms with Crippen molar-refractivity contribution in [2.45, 2.75) is 32.9 Å². The van der Waals surface area contributed by atoms with Crippen molar-refractivity contribution in [3.05, 3.63) is 89.9 Å². The maximum absolute atomic E-state index is 13.3. The lowest BCUT2D eigenvalue weighted by Crippen LogP contribution is -2.43. The number of hydrogen-bond donors (Lipinski definition) is 1. The predicted octanol–water partition coefficient (Wildman–Crippen LogP) is 4.85. The fourth-order valence-electron chi connectivity index (χ4n) is 4.49. The van der Waals surface area contributed by atoms with Gasteiger partial charge < -0.3 is 14.7 Å². The molecule has 0 atom stereocenters. The van der Waals surface area contributed by atoms with Crippen LogP contribution in [0.25, 0.3) is 22.4 Å². The lowest BCUT2D eigenvalue weighted by Gasteiger charge is -2.26.